The van der Waals surface area contributed by atoms with E-state index >= 15 is 0 Å². The quantitative estimate of drug-likeness (QED) is 0.417. The number of nitrogens with zero attached hydrogens (tertiary/aromatic N) is 1. The summed E-state index contributed by atoms with van der Waals surface area (Å²) >= 11 is 1.15. The van der Waals surface area contributed by atoms with Crippen molar-refractivity contribution in [2.45, 2.75) is 108 Å². The van der Waals surface area contributed by atoms with Crippen LogP contribution in [-0.4, -0.2) is 42.4 Å². The molecule has 0 spiro atoms. The van der Waals surface area contributed by atoms with Gasteiger partial charge in [-0.05, 0) is 95.0 Å². The molecule has 3 aliphatic rings. The van der Waals surface area contributed by atoms with Crippen molar-refractivity contribution < 1.29 is 32.6 Å². The van der Waals surface area contributed by atoms with Crippen molar-refractivity contribution in [2.75, 3.05) is 12.0 Å². The molecule has 1 aromatic heterocycles. The Morgan fingerprint density at radius 3 is 2.11 bits per heavy atom. The van der Waals surface area contributed by atoms with E-state index in [-0.39, 0.29) is 47.6 Å². The van der Waals surface area contributed by atoms with Crippen molar-refractivity contribution in [3.63, 3.8) is 0 Å². The third-order valence-corrected chi connectivity index (χ3v) is 10.00. The summed E-state index contributed by atoms with van der Waals surface area (Å²) in [5.74, 6) is -1.98. The van der Waals surface area contributed by atoms with Gasteiger partial charge in [0.1, 0.15) is 4.88 Å². The van der Waals surface area contributed by atoms with Gasteiger partial charge in [-0.3, -0.25) is 4.79 Å². The lowest BCUT2D eigenvalue weighted by atomic mass is 9.80. The fourth-order valence-electron chi connectivity index (χ4n) is 6.38. The minimum absolute atomic E-state index is 0.00963. The number of carboxylic acids is 1. The van der Waals surface area contributed by atoms with Crippen molar-refractivity contribution in [1.82, 2.24) is 0 Å². The standard InChI is InChI=1S/C27H38F3NO4S/c1-16-3-5-18(6-4-16)25(32)31(20-11-13-21(35-2)14-12-20)22-15-23(36-24(22)26(33)34)17-7-9-19(10-8-17)27(28,29)30/h15-21H,3-14H2,1-2H3,(H,33,34)/t16-,17?,18-,19?,20-,21-. The molecule has 4 rings (SSSR count). The zero-order valence-electron chi connectivity index (χ0n) is 21.2. The average molecular weight is 530 g/mol. The monoisotopic (exact) mass is 529 g/mol. The summed E-state index contributed by atoms with van der Waals surface area (Å²) in [7, 11) is 1.69. The molecule has 0 aliphatic heterocycles. The predicted octanol–water partition coefficient (Wildman–Crippen LogP) is 7.40. The van der Waals surface area contributed by atoms with Gasteiger partial charge in [-0.15, -0.1) is 11.3 Å². The number of methoxy groups -OCH3 is 1. The van der Waals surface area contributed by atoms with Crippen molar-refractivity contribution >= 4 is 28.9 Å². The Balaban J connectivity index is 1.62. The summed E-state index contributed by atoms with van der Waals surface area (Å²) in [5.41, 5.74) is 0.449. The minimum atomic E-state index is -4.18. The van der Waals surface area contributed by atoms with Crippen LogP contribution in [-0.2, 0) is 9.53 Å². The van der Waals surface area contributed by atoms with Gasteiger partial charge in [0.2, 0.25) is 5.91 Å². The highest BCUT2D eigenvalue weighted by Crippen LogP contribution is 2.47. The molecule has 1 aromatic rings. The van der Waals surface area contributed by atoms with Gasteiger partial charge in [0.25, 0.3) is 0 Å². The average Bonchev–Trinajstić information content (AvgIpc) is 3.30. The van der Waals surface area contributed by atoms with Crippen LogP contribution in [0.3, 0.4) is 0 Å². The molecule has 0 saturated heterocycles. The Labute approximate surface area is 215 Å². The van der Waals surface area contributed by atoms with Crippen molar-refractivity contribution in [2.24, 2.45) is 17.8 Å². The molecule has 3 aliphatic carbocycles. The van der Waals surface area contributed by atoms with E-state index in [1.54, 1.807) is 12.0 Å². The lowest BCUT2D eigenvalue weighted by Gasteiger charge is -2.39. The topological polar surface area (TPSA) is 66.8 Å². The van der Waals surface area contributed by atoms with Crippen LogP contribution in [0.15, 0.2) is 6.07 Å². The first kappa shape index (κ1) is 27.4. The normalized spacial score (nSPS) is 31.7. The van der Waals surface area contributed by atoms with E-state index in [0.717, 1.165) is 67.6 Å². The molecule has 0 unspecified atom stereocenters. The Morgan fingerprint density at radius 1 is 0.972 bits per heavy atom. The number of thiophene rings is 1. The number of carboxylic acid groups (broad SMARTS) is 1. The molecule has 36 heavy (non-hydrogen) atoms. The van der Waals surface area contributed by atoms with Gasteiger partial charge >= 0.3 is 12.1 Å². The molecule has 1 N–H and O–H groups in total. The molecular weight excluding hydrogens is 491 g/mol. The molecule has 0 bridgehead atoms. The Bertz CT molecular complexity index is 909. The number of anilines is 1. The molecule has 1 heterocycles. The zero-order valence-corrected chi connectivity index (χ0v) is 22.0. The van der Waals surface area contributed by atoms with E-state index < -0.39 is 18.1 Å². The first-order chi connectivity index (χ1) is 17.1. The van der Waals surface area contributed by atoms with Crippen molar-refractivity contribution in [3.8, 4) is 0 Å². The summed E-state index contributed by atoms with van der Waals surface area (Å²) in [6.07, 6.45) is 3.58. The van der Waals surface area contributed by atoms with E-state index in [1.165, 1.54) is 0 Å². The molecule has 9 heteroatoms. The van der Waals surface area contributed by atoms with Crippen LogP contribution in [0.4, 0.5) is 18.9 Å². The summed E-state index contributed by atoms with van der Waals surface area (Å²) in [6.45, 7) is 2.20. The summed E-state index contributed by atoms with van der Waals surface area (Å²) in [6, 6.07) is 1.73. The molecule has 0 atom stereocenters. The molecule has 0 aromatic carbocycles. The van der Waals surface area contributed by atoms with Gasteiger partial charge in [-0.25, -0.2) is 4.79 Å². The summed E-state index contributed by atoms with van der Waals surface area (Å²) in [4.78, 5) is 29.0. The lowest BCUT2D eigenvalue weighted by Crippen LogP contribution is -2.47. The highest BCUT2D eigenvalue weighted by molar-refractivity contribution is 7.14. The van der Waals surface area contributed by atoms with Crippen LogP contribution < -0.4 is 4.90 Å². The van der Waals surface area contributed by atoms with Gasteiger partial charge < -0.3 is 14.7 Å². The maximum absolute atomic E-state index is 14.0. The van der Waals surface area contributed by atoms with Crippen LogP contribution in [0.25, 0.3) is 0 Å². The SMILES string of the molecule is CO[C@H]1CC[C@H](N(c2cc(C3CCC(C(F)(F)F)CC3)sc2C(=O)O)C(=O)[C@H]2CC[C@H](C)CC2)CC1. The highest BCUT2D eigenvalue weighted by atomic mass is 32.1. The second kappa shape index (κ2) is 11.4. The molecule has 0 radical (unpaired) electrons. The number of hydrogen-bond donors (Lipinski definition) is 1. The predicted molar refractivity (Wildman–Crippen MR) is 134 cm³/mol. The second-order valence-corrected chi connectivity index (χ2v) is 12.2. The number of amides is 1. The van der Waals surface area contributed by atoms with Gasteiger partial charge in [0.15, 0.2) is 0 Å². The molecular formula is C27H38F3NO4S. The van der Waals surface area contributed by atoms with Gasteiger partial charge in [-0.1, -0.05) is 6.92 Å². The summed E-state index contributed by atoms with van der Waals surface area (Å²) in [5, 5.41) is 10.1. The zero-order chi connectivity index (χ0) is 26.0. The fraction of sp³-hybridized carbons (Fsp3) is 0.778. The molecule has 3 saturated carbocycles. The van der Waals surface area contributed by atoms with Crippen LogP contribution in [0.1, 0.15) is 104 Å². The van der Waals surface area contributed by atoms with E-state index in [2.05, 4.69) is 6.92 Å². The minimum Gasteiger partial charge on any atom is -0.477 e. The fourth-order valence-corrected chi connectivity index (χ4v) is 7.53. The van der Waals surface area contributed by atoms with Crippen LogP contribution in [0.5, 0.6) is 0 Å². The van der Waals surface area contributed by atoms with Crippen LogP contribution in [0.2, 0.25) is 0 Å². The number of hydrogen-bond acceptors (Lipinski definition) is 4. The number of rotatable bonds is 6. The first-order valence-corrected chi connectivity index (χ1v) is 14.2. The molecule has 5 nitrogen and oxygen atoms in total. The van der Waals surface area contributed by atoms with E-state index in [1.807, 2.05) is 6.07 Å². The number of alkyl halides is 3. The van der Waals surface area contributed by atoms with Crippen LogP contribution in [0, 0.1) is 17.8 Å². The Hall–Kier alpha value is -1.61. The first-order valence-electron chi connectivity index (χ1n) is 13.4. The Kier molecular flexibility index (Phi) is 8.70. The highest BCUT2D eigenvalue weighted by Gasteiger charge is 2.43. The number of carbonyl (C=O) groups excluding carboxylic acids is 1. The largest absolute Gasteiger partial charge is 0.477 e. The van der Waals surface area contributed by atoms with E-state index in [9.17, 15) is 27.9 Å². The van der Waals surface area contributed by atoms with Gasteiger partial charge in [0.05, 0.1) is 17.7 Å². The van der Waals surface area contributed by atoms with Crippen LogP contribution >= 0.6 is 11.3 Å². The Morgan fingerprint density at radius 2 is 1.58 bits per heavy atom. The smallest absolute Gasteiger partial charge is 0.391 e. The van der Waals surface area contributed by atoms with Gasteiger partial charge in [0, 0.05) is 23.9 Å². The second-order valence-electron chi connectivity index (χ2n) is 11.1. The van der Waals surface area contributed by atoms with Gasteiger partial charge in [-0.2, -0.15) is 13.2 Å². The molecule has 3 fully saturated rings. The van der Waals surface area contributed by atoms with Crippen molar-refractivity contribution in [3.05, 3.63) is 15.8 Å². The molecule has 202 valence electrons. The van der Waals surface area contributed by atoms with Crippen molar-refractivity contribution in [1.29, 1.82) is 0 Å². The maximum atomic E-state index is 14.0. The van der Waals surface area contributed by atoms with E-state index in [0.29, 0.717) is 24.4 Å². The number of carbonyl (C=O) groups is 2. The third kappa shape index (κ3) is 6.09. The third-order valence-electron chi connectivity index (χ3n) is 8.72. The number of aromatic carboxylic acids is 1. The number of ether oxygens (including phenoxy) is 1. The summed E-state index contributed by atoms with van der Waals surface area (Å²) < 4.78 is 45.0. The number of halogens is 3. The lowest BCUT2D eigenvalue weighted by molar-refractivity contribution is -0.182. The van der Waals surface area contributed by atoms with E-state index in [4.69, 9.17) is 4.74 Å². The maximum Gasteiger partial charge on any atom is 0.391 e. The molecule has 1 amide bonds.